The molecule has 0 aliphatic rings. The van der Waals surface area contributed by atoms with E-state index in [0.717, 1.165) is 41.7 Å². The Morgan fingerprint density at radius 1 is 1.27 bits per heavy atom. The number of rotatable bonds is 7. The average Bonchev–Trinajstić information content (AvgIpc) is 2.87. The van der Waals surface area contributed by atoms with E-state index in [1.807, 2.05) is 19.9 Å². The Hall–Kier alpha value is -1.88. The first-order valence-corrected chi connectivity index (χ1v) is 7.89. The molecule has 0 radical (unpaired) electrons. The number of benzene rings is 1. The summed E-state index contributed by atoms with van der Waals surface area (Å²) in [5, 5.41) is 7.96. The second-order valence-corrected chi connectivity index (χ2v) is 5.64. The number of fused-ring (bicyclic) bond motifs is 1. The average molecular weight is 303 g/mol. The van der Waals surface area contributed by atoms with Crippen LogP contribution in [-0.4, -0.2) is 42.1 Å². The van der Waals surface area contributed by atoms with Crippen LogP contribution in [0.2, 0.25) is 0 Å². The van der Waals surface area contributed by atoms with E-state index in [9.17, 15) is 4.79 Å². The highest BCUT2D eigenvalue weighted by atomic mass is 16.5. The summed E-state index contributed by atoms with van der Waals surface area (Å²) in [4.78, 5) is 14.3. The topological polar surface area (TPSA) is 58.4 Å². The van der Waals surface area contributed by atoms with E-state index in [1.54, 1.807) is 0 Å². The Bertz CT molecular complexity index is 645. The van der Waals surface area contributed by atoms with Crippen LogP contribution in [0.4, 0.5) is 0 Å². The van der Waals surface area contributed by atoms with Gasteiger partial charge in [-0.2, -0.15) is 0 Å². The number of hydrogen-bond donors (Lipinski definition) is 1. The molecule has 0 spiro atoms. The fourth-order valence-corrected chi connectivity index (χ4v) is 2.68. The van der Waals surface area contributed by atoms with Gasteiger partial charge in [0.15, 0.2) is 5.58 Å². The molecule has 1 amide bonds. The molecule has 0 saturated heterocycles. The van der Waals surface area contributed by atoms with Crippen molar-refractivity contribution in [1.29, 1.82) is 0 Å². The van der Waals surface area contributed by atoms with Crippen molar-refractivity contribution in [2.45, 2.75) is 34.1 Å². The predicted molar refractivity (Wildman–Crippen MR) is 88.0 cm³/mol. The molecule has 1 aromatic carbocycles. The fraction of sp³-hybridized carbons (Fsp3) is 0.529. The molecule has 5 nitrogen and oxygen atoms in total. The molecular weight excluding hydrogens is 278 g/mol. The maximum absolute atomic E-state index is 12.1. The van der Waals surface area contributed by atoms with Gasteiger partial charge in [-0.1, -0.05) is 25.1 Å². The van der Waals surface area contributed by atoms with E-state index >= 15 is 0 Å². The minimum atomic E-state index is -0.0125. The zero-order valence-corrected chi connectivity index (χ0v) is 13.9. The second-order valence-electron chi connectivity index (χ2n) is 5.64. The number of nitrogens with one attached hydrogen (secondary N) is 1. The Balaban J connectivity index is 1.97. The molecule has 1 heterocycles. The third-order valence-corrected chi connectivity index (χ3v) is 3.95. The van der Waals surface area contributed by atoms with Crippen LogP contribution in [0.3, 0.4) is 0 Å². The maximum atomic E-state index is 12.1. The molecule has 5 heteroatoms. The number of aryl methyl sites for hydroxylation is 2. The van der Waals surface area contributed by atoms with Gasteiger partial charge in [-0.3, -0.25) is 4.79 Å². The SMILES string of the molecule is CCN(CC)CCNC(=O)Cc1noc2c(C)cc(C)cc12. The summed E-state index contributed by atoms with van der Waals surface area (Å²) in [7, 11) is 0. The summed E-state index contributed by atoms with van der Waals surface area (Å²) in [6.45, 7) is 11.8. The molecule has 0 saturated carbocycles. The van der Waals surface area contributed by atoms with Gasteiger partial charge in [0.25, 0.3) is 0 Å². The standard InChI is InChI=1S/C17H25N3O2/c1-5-20(6-2)8-7-18-16(21)11-15-14-10-12(3)9-13(4)17(14)22-19-15/h9-10H,5-8,11H2,1-4H3,(H,18,21). The minimum Gasteiger partial charge on any atom is -0.356 e. The van der Waals surface area contributed by atoms with E-state index < -0.39 is 0 Å². The van der Waals surface area contributed by atoms with Crippen molar-refractivity contribution in [3.8, 4) is 0 Å². The maximum Gasteiger partial charge on any atom is 0.226 e. The Kier molecular flexibility index (Phi) is 5.55. The normalized spacial score (nSPS) is 11.3. The first-order valence-electron chi connectivity index (χ1n) is 7.89. The Labute approximate surface area is 131 Å². The lowest BCUT2D eigenvalue weighted by atomic mass is 10.1. The number of carbonyl (C=O) groups is 1. The molecule has 2 rings (SSSR count). The minimum absolute atomic E-state index is 0.0125. The molecule has 0 bridgehead atoms. The quantitative estimate of drug-likeness (QED) is 0.853. The van der Waals surface area contributed by atoms with Gasteiger partial charge in [0.2, 0.25) is 5.91 Å². The molecule has 22 heavy (non-hydrogen) atoms. The van der Waals surface area contributed by atoms with E-state index in [0.29, 0.717) is 12.2 Å². The molecular formula is C17H25N3O2. The third kappa shape index (κ3) is 3.85. The van der Waals surface area contributed by atoms with Crippen molar-refractivity contribution >= 4 is 16.9 Å². The highest BCUT2D eigenvalue weighted by molar-refractivity contribution is 5.88. The van der Waals surface area contributed by atoms with E-state index in [-0.39, 0.29) is 12.3 Å². The number of nitrogens with zero attached hydrogens (tertiary/aromatic N) is 2. The van der Waals surface area contributed by atoms with Crippen LogP contribution in [0, 0.1) is 13.8 Å². The third-order valence-electron chi connectivity index (χ3n) is 3.95. The lowest BCUT2D eigenvalue weighted by molar-refractivity contribution is -0.120. The predicted octanol–water partition coefficient (Wildman–Crippen LogP) is 2.45. The van der Waals surface area contributed by atoms with Crippen molar-refractivity contribution in [1.82, 2.24) is 15.4 Å². The monoisotopic (exact) mass is 303 g/mol. The van der Waals surface area contributed by atoms with E-state index in [2.05, 4.69) is 35.3 Å². The first-order chi connectivity index (χ1) is 10.5. The largest absolute Gasteiger partial charge is 0.356 e. The first kappa shape index (κ1) is 16.5. The van der Waals surface area contributed by atoms with Crippen LogP contribution >= 0.6 is 0 Å². The summed E-state index contributed by atoms with van der Waals surface area (Å²) in [5.41, 5.74) is 3.69. The lowest BCUT2D eigenvalue weighted by Gasteiger charge is -2.17. The van der Waals surface area contributed by atoms with Gasteiger partial charge < -0.3 is 14.7 Å². The van der Waals surface area contributed by atoms with Crippen molar-refractivity contribution < 1.29 is 9.32 Å². The van der Waals surface area contributed by atoms with Crippen molar-refractivity contribution in [3.63, 3.8) is 0 Å². The second kappa shape index (κ2) is 7.40. The smallest absolute Gasteiger partial charge is 0.226 e. The van der Waals surface area contributed by atoms with Crippen LogP contribution in [0.15, 0.2) is 16.7 Å². The summed E-state index contributed by atoms with van der Waals surface area (Å²) in [6.07, 6.45) is 0.258. The molecule has 2 aromatic rings. The summed E-state index contributed by atoms with van der Waals surface area (Å²) < 4.78 is 5.37. The molecule has 0 aliphatic heterocycles. The Morgan fingerprint density at radius 2 is 2.00 bits per heavy atom. The lowest BCUT2D eigenvalue weighted by Crippen LogP contribution is -2.35. The van der Waals surface area contributed by atoms with Gasteiger partial charge in [-0.25, -0.2) is 0 Å². The van der Waals surface area contributed by atoms with Crippen LogP contribution in [0.1, 0.15) is 30.7 Å². The van der Waals surface area contributed by atoms with E-state index in [4.69, 9.17) is 4.52 Å². The van der Waals surface area contributed by atoms with Crippen molar-refractivity contribution in [2.24, 2.45) is 0 Å². The number of amides is 1. The molecule has 0 fully saturated rings. The molecule has 120 valence electrons. The van der Waals surface area contributed by atoms with Crippen LogP contribution in [0.25, 0.3) is 11.0 Å². The van der Waals surface area contributed by atoms with Gasteiger partial charge in [0, 0.05) is 18.5 Å². The highest BCUT2D eigenvalue weighted by Gasteiger charge is 2.14. The molecule has 1 aromatic heterocycles. The van der Waals surface area contributed by atoms with E-state index in [1.165, 1.54) is 0 Å². The van der Waals surface area contributed by atoms with Crippen LogP contribution in [-0.2, 0) is 11.2 Å². The zero-order chi connectivity index (χ0) is 16.1. The number of aromatic nitrogens is 1. The van der Waals surface area contributed by atoms with Crippen LogP contribution < -0.4 is 5.32 Å². The van der Waals surface area contributed by atoms with Gasteiger partial charge in [-0.05, 0) is 44.1 Å². The number of hydrogen-bond acceptors (Lipinski definition) is 4. The zero-order valence-electron chi connectivity index (χ0n) is 13.9. The fourth-order valence-electron chi connectivity index (χ4n) is 2.68. The van der Waals surface area contributed by atoms with Gasteiger partial charge >= 0.3 is 0 Å². The molecule has 0 atom stereocenters. The van der Waals surface area contributed by atoms with Gasteiger partial charge in [0.1, 0.15) is 5.69 Å². The number of likely N-dealkylation sites (N-methyl/N-ethyl adjacent to an activating group) is 1. The number of carbonyl (C=O) groups excluding carboxylic acids is 1. The summed E-state index contributed by atoms with van der Waals surface area (Å²) in [6, 6.07) is 4.08. The molecule has 0 unspecified atom stereocenters. The van der Waals surface area contributed by atoms with Crippen molar-refractivity contribution in [2.75, 3.05) is 26.2 Å². The molecule has 1 N–H and O–H groups in total. The van der Waals surface area contributed by atoms with Gasteiger partial charge in [0.05, 0.1) is 6.42 Å². The van der Waals surface area contributed by atoms with Crippen molar-refractivity contribution in [3.05, 3.63) is 29.0 Å². The summed E-state index contributed by atoms with van der Waals surface area (Å²) >= 11 is 0. The van der Waals surface area contributed by atoms with Crippen LogP contribution in [0.5, 0.6) is 0 Å². The molecule has 0 aliphatic carbocycles. The summed E-state index contributed by atoms with van der Waals surface area (Å²) in [5.74, 6) is -0.0125. The Morgan fingerprint density at radius 3 is 2.68 bits per heavy atom. The van der Waals surface area contributed by atoms with Gasteiger partial charge in [-0.15, -0.1) is 0 Å². The highest BCUT2D eigenvalue weighted by Crippen LogP contribution is 2.23.